The molecule has 0 aliphatic heterocycles. The maximum atomic E-state index is 4.97. The van der Waals surface area contributed by atoms with E-state index in [2.05, 4.69) is 5.16 Å². The van der Waals surface area contributed by atoms with Crippen LogP contribution in [-0.2, 0) is 14.3 Å². The molecule has 0 aromatic rings. The summed E-state index contributed by atoms with van der Waals surface area (Å²) in [5.74, 6) is 0. The number of hydrogen-bond acceptors (Lipinski definition) is 4. The van der Waals surface area contributed by atoms with Gasteiger partial charge < -0.3 is 14.3 Å². The number of ether oxygens (including phenoxy) is 2. The van der Waals surface area contributed by atoms with Crippen LogP contribution >= 0.6 is 0 Å². The van der Waals surface area contributed by atoms with Crippen molar-refractivity contribution < 1.29 is 14.3 Å². The van der Waals surface area contributed by atoms with Crippen molar-refractivity contribution in [3.63, 3.8) is 0 Å². The third-order valence-electron chi connectivity index (χ3n) is 0.815. The molecule has 0 fully saturated rings. The third kappa shape index (κ3) is 9.39. The summed E-state index contributed by atoms with van der Waals surface area (Å²) in [6, 6.07) is 0. The van der Waals surface area contributed by atoms with Crippen LogP contribution in [0.2, 0.25) is 0 Å². The Bertz CT molecular complexity index is 110. The number of methoxy groups -OCH3 is 1. The van der Waals surface area contributed by atoms with Crippen LogP contribution in [0.1, 0.15) is 13.8 Å². The molecule has 0 heterocycles. The van der Waals surface area contributed by atoms with Gasteiger partial charge in [0.05, 0.1) is 18.9 Å². The summed E-state index contributed by atoms with van der Waals surface area (Å²) in [6.45, 7) is 5.02. The van der Waals surface area contributed by atoms with Gasteiger partial charge >= 0.3 is 0 Å². The van der Waals surface area contributed by atoms with E-state index < -0.39 is 0 Å². The van der Waals surface area contributed by atoms with E-state index in [-0.39, 0.29) is 6.79 Å². The van der Waals surface area contributed by atoms with Crippen LogP contribution in [0.15, 0.2) is 5.16 Å². The van der Waals surface area contributed by atoms with Crippen molar-refractivity contribution in [2.45, 2.75) is 13.8 Å². The molecule has 0 saturated heterocycles. The first-order valence-electron chi connectivity index (χ1n) is 3.47. The van der Waals surface area contributed by atoms with Gasteiger partial charge in [-0.1, -0.05) is 5.16 Å². The third-order valence-corrected chi connectivity index (χ3v) is 0.815. The molecule has 66 valence electrons. The molecule has 0 aromatic carbocycles. The van der Waals surface area contributed by atoms with Crippen molar-refractivity contribution in [1.29, 1.82) is 0 Å². The standard InChI is InChI=1S/C7H15NO3/c1-7(2)8-11-6-10-5-4-9-3/h4-6H2,1-3H3. The highest BCUT2D eigenvalue weighted by Gasteiger charge is 1.85. The van der Waals surface area contributed by atoms with Gasteiger partial charge in [-0.3, -0.25) is 0 Å². The van der Waals surface area contributed by atoms with Crippen LogP contribution in [0.3, 0.4) is 0 Å². The largest absolute Gasteiger partial charge is 0.382 e. The molecule has 0 atom stereocenters. The van der Waals surface area contributed by atoms with E-state index in [4.69, 9.17) is 14.3 Å². The molecule has 0 rings (SSSR count). The van der Waals surface area contributed by atoms with Crippen molar-refractivity contribution in [3.8, 4) is 0 Å². The normalized spacial score (nSPS) is 9.36. The van der Waals surface area contributed by atoms with E-state index in [1.54, 1.807) is 7.11 Å². The Balaban J connectivity index is 2.97. The Morgan fingerprint density at radius 3 is 2.55 bits per heavy atom. The van der Waals surface area contributed by atoms with Gasteiger partial charge in [0, 0.05) is 7.11 Å². The summed E-state index contributed by atoms with van der Waals surface area (Å²) in [5.41, 5.74) is 0.875. The van der Waals surface area contributed by atoms with Gasteiger partial charge in [0.25, 0.3) is 0 Å². The second-order valence-electron chi connectivity index (χ2n) is 2.19. The van der Waals surface area contributed by atoms with Gasteiger partial charge in [0.2, 0.25) is 6.79 Å². The fourth-order valence-corrected chi connectivity index (χ4v) is 0.394. The second kappa shape index (κ2) is 7.50. The van der Waals surface area contributed by atoms with E-state index >= 15 is 0 Å². The lowest BCUT2D eigenvalue weighted by Gasteiger charge is -2.01. The zero-order valence-electron chi connectivity index (χ0n) is 7.29. The Morgan fingerprint density at radius 2 is 2.00 bits per heavy atom. The van der Waals surface area contributed by atoms with Crippen molar-refractivity contribution in [2.75, 3.05) is 27.1 Å². The van der Waals surface area contributed by atoms with Crippen molar-refractivity contribution >= 4 is 5.71 Å². The van der Waals surface area contributed by atoms with Crippen LogP contribution in [0.25, 0.3) is 0 Å². The minimum Gasteiger partial charge on any atom is -0.382 e. The summed E-state index contributed by atoms with van der Waals surface area (Å²) in [6.07, 6.45) is 0. The van der Waals surface area contributed by atoms with Gasteiger partial charge in [-0.15, -0.1) is 0 Å². The topological polar surface area (TPSA) is 40.0 Å². The Kier molecular flexibility index (Phi) is 7.08. The summed E-state index contributed by atoms with van der Waals surface area (Å²) >= 11 is 0. The molecular formula is C7H15NO3. The maximum absolute atomic E-state index is 4.97. The van der Waals surface area contributed by atoms with Crippen molar-refractivity contribution in [1.82, 2.24) is 0 Å². The number of oxime groups is 1. The average Bonchev–Trinajstić information content (AvgIpc) is 1.96. The molecule has 11 heavy (non-hydrogen) atoms. The predicted molar refractivity (Wildman–Crippen MR) is 42.6 cm³/mol. The zero-order chi connectivity index (χ0) is 8.53. The first-order valence-corrected chi connectivity index (χ1v) is 3.47. The van der Waals surface area contributed by atoms with Gasteiger partial charge in [0.15, 0.2) is 0 Å². The van der Waals surface area contributed by atoms with E-state index in [1.807, 2.05) is 13.8 Å². The smallest absolute Gasteiger partial charge is 0.216 e. The fraction of sp³-hybridized carbons (Fsp3) is 0.857. The van der Waals surface area contributed by atoms with Gasteiger partial charge in [-0.25, -0.2) is 0 Å². The summed E-state index contributed by atoms with van der Waals surface area (Å²) in [4.78, 5) is 4.75. The van der Waals surface area contributed by atoms with Crippen LogP contribution in [-0.4, -0.2) is 32.8 Å². The highest BCUT2D eigenvalue weighted by atomic mass is 16.7. The lowest BCUT2D eigenvalue weighted by Crippen LogP contribution is -2.04. The van der Waals surface area contributed by atoms with E-state index in [9.17, 15) is 0 Å². The quantitative estimate of drug-likeness (QED) is 0.253. The molecule has 0 spiro atoms. The monoisotopic (exact) mass is 161 g/mol. The molecule has 0 radical (unpaired) electrons. The van der Waals surface area contributed by atoms with E-state index in [0.29, 0.717) is 13.2 Å². The summed E-state index contributed by atoms with van der Waals surface area (Å²) in [5, 5.41) is 3.67. The van der Waals surface area contributed by atoms with Gasteiger partial charge in [-0.05, 0) is 13.8 Å². The molecule has 0 aromatic heterocycles. The summed E-state index contributed by atoms with van der Waals surface area (Å²) in [7, 11) is 1.62. The first-order chi connectivity index (χ1) is 5.27. The van der Waals surface area contributed by atoms with Crippen LogP contribution in [0.4, 0.5) is 0 Å². The Morgan fingerprint density at radius 1 is 1.27 bits per heavy atom. The number of rotatable bonds is 6. The first kappa shape index (κ1) is 10.4. The highest BCUT2D eigenvalue weighted by Crippen LogP contribution is 1.81. The lowest BCUT2D eigenvalue weighted by atomic mass is 10.5. The van der Waals surface area contributed by atoms with E-state index in [1.165, 1.54) is 0 Å². The minimum atomic E-state index is 0.189. The van der Waals surface area contributed by atoms with Crippen LogP contribution < -0.4 is 0 Å². The Labute approximate surface area is 67.1 Å². The van der Waals surface area contributed by atoms with Gasteiger partial charge in [0.1, 0.15) is 0 Å². The molecule has 0 amide bonds. The lowest BCUT2D eigenvalue weighted by molar-refractivity contribution is -0.0644. The van der Waals surface area contributed by atoms with Crippen LogP contribution in [0.5, 0.6) is 0 Å². The maximum Gasteiger partial charge on any atom is 0.216 e. The molecule has 0 aliphatic carbocycles. The van der Waals surface area contributed by atoms with E-state index in [0.717, 1.165) is 5.71 Å². The summed E-state index contributed by atoms with van der Waals surface area (Å²) < 4.78 is 9.72. The second-order valence-corrected chi connectivity index (χ2v) is 2.19. The molecule has 0 bridgehead atoms. The molecule has 0 aliphatic rings. The Hall–Kier alpha value is -0.610. The number of nitrogens with zero attached hydrogens (tertiary/aromatic N) is 1. The van der Waals surface area contributed by atoms with Crippen molar-refractivity contribution in [2.24, 2.45) is 5.16 Å². The fourth-order valence-electron chi connectivity index (χ4n) is 0.394. The minimum absolute atomic E-state index is 0.189. The van der Waals surface area contributed by atoms with Crippen LogP contribution in [0, 0.1) is 0 Å². The molecule has 4 heteroatoms. The van der Waals surface area contributed by atoms with Gasteiger partial charge in [-0.2, -0.15) is 0 Å². The molecule has 0 N–H and O–H groups in total. The van der Waals surface area contributed by atoms with Crippen molar-refractivity contribution in [3.05, 3.63) is 0 Å². The predicted octanol–water partition coefficient (Wildman–Crippen LogP) is 1.02. The molecule has 0 saturated carbocycles. The highest BCUT2D eigenvalue weighted by molar-refractivity contribution is 5.78. The number of hydrogen-bond donors (Lipinski definition) is 0. The zero-order valence-corrected chi connectivity index (χ0v) is 7.29. The molecular weight excluding hydrogens is 146 g/mol. The average molecular weight is 161 g/mol. The molecule has 0 unspecified atom stereocenters. The molecule has 4 nitrogen and oxygen atoms in total. The SMILES string of the molecule is COCCOCON=C(C)C.